The van der Waals surface area contributed by atoms with Crippen molar-refractivity contribution in [1.82, 2.24) is 15.3 Å². The Morgan fingerprint density at radius 2 is 1.86 bits per heavy atom. The van der Waals surface area contributed by atoms with Gasteiger partial charge in [-0.2, -0.15) is 0 Å². The zero-order valence-electron chi connectivity index (χ0n) is 13.5. The van der Waals surface area contributed by atoms with Crippen LogP contribution in [-0.4, -0.2) is 22.4 Å². The zero-order valence-corrected chi connectivity index (χ0v) is 13.5. The van der Waals surface area contributed by atoms with Crippen molar-refractivity contribution in [1.29, 1.82) is 0 Å². The number of nitrogens with zero attached hydrogens (tertiary/aromatic N) is 2. The van der Waals surface area contributed by atoms with Crippen molar-refractivity contribution in [2.24, 2.45) is 5.92 Å². The van der Waals surface area contributed by atoms with Gasteiger partial charge in [0.05, 0.1) is 5.56 Å². The van der Waals surface area contributed by atoms with E-state index in [-0.39, 0.29) is 5.91 Å². The summed E-state index contributed by atoms with van der Waals surface area (Å²) in [5, 5.41) is 6.01. The maximum atomic E-state index is 11.9. The van der Waals surface area contributed by atoms with Gasteiger partial charge in [-0.1, -0.05) is 31.5 Å². The standard InChI is InChI=1S/C17H22N4O/c1-11(2)8-18-16(22)14-9-19-17(20-10-14)21-15-6-5-12(3)7-13(15)4/h5-7,9-11H,8H2,1-4H3,(H,18,22)(H,19,20,21). The molecule has 116 valence electrons. The van der Waals surface area contributed by atoms with Gasteiger partial charge in [-0.25, -0.2) is 9.97 Å². The number of nitrogens with one attached hydrogen (secondary N) is 2. The molecule has 0 unspecified atom stereocenters. The summed E-state index contributed by atoms with van der Waals surface area (Å²) in [6, 6.07) is 6.12. The van der Waals surface area contributed by atoms with Crippen LogP contribution in [0.5, 0.6) is 0 Å². The number of carbonyl (C=O) groups excluding carboxylic acids is 1. The van der Waals surface area contributed by atoms with E-state index in [1.165, 1.54) is 18.0 Å². The lowest BCUT2D eigenvalue weighted by molar-refractivity contribution is 0.0948. The molecule has 5 nitrogen and oxygen atoms in total. The monoisotopic (exact) mass is 298 g/mol. The smallest absolute Gasteiger partial charge is 0.254 e. The predicted octanol–water partition coefficient (Wildman–Crippen LogP) is 3.22. The third-order valence-corrected chi connectivity index (χ3v) is 3.21. The number of anilines is 2. The van der Waals surface area contributed by atoms with Gasteiger partial charge < -0.3 is 10.6 Å². The van der Waals surface area contributed by atoms with Crippen LogP contribution in [0.2, 0.25) is 0 Å². The quantitative estimate of drug-likeness (QED) is 0.889. The highest BCUT2D eigenvalue weighted by atomic mass is 16.1. The van der Waals surface area contributed by atoms with Crippen LogP contribution < -0.4 is 10.6 Å². The van der Waals surface area contributed by atoms with Crippen molar-refractivity contribution in [2.75, 3.05) is 11.9 Å². The summed E-state index contributed by atoms with van der Waals surface area (Å²) >= 11 is 0. The molecule has 0 saturated heterocycles. The summed E-state index contributed by atoms with van der Waals surface area (Å²) < 4.78 is 0. The van der Waals surface area contributed by atoms with Crippen molar-refractivity contribution in [3.63, 3.8) is 0 Å². The number of hydrogen-bond acceptors (Lipinski definition) is 4. The summed E-state index contributed by atoms with van der Waals surface area (Å²) in [6.45, 7) is 8.82. The summed E-state index contributed by atoms with van der Waals surface area (Å²) in [5.41, 5.74) is 3.76. The highest BCUT2D eigenvalue weighted by molar-refractivity contribution is 5.93. The number of aryl methyl sites for hydroxylation is 2. The molecular weight excluding hydrogens is 276 g/mol. The van der Waals surface area contributed by atoms with E-state index < -0.39 is 0 Å². The van der Waals surface area contributed by atoms with Crippen LogP contribution >= 0.6 is 0 Å². The molecule has 5 heteroatoms. The number of benzene rings is 1. The molecule has 0 spiro atoms. The van der Waals surface area contributed by atoms with Gasteiger partial charge in [0.15, 0.2) is 0 Å². The fourth-order valence-corrected chi connectivity index (χ4v) is 1.98. The van der Waals surface area contributed by atoms with E-state index in [0.717, 1.165) is 11.3 Å². The molecular formula is C17H22N4O. The molecule has 0 aliphatic rings. The largest absolute Gasteiger partial charge is 0.352 e. The van der Waals surface area contributed by atoms with E-state index in [1.807, 2.05) is 32.9 Å². The predicted molar refractivity (Wildman–Crippen MR) is 88.4 cm³/mol. The second-order valence-corrected chi connectivity index (χ2v) is 5.84. The third kappa shape index (κ3) is 4.28. The van der Waals surface area contributed by atoms with Crippen LogP contribution in [0.4, 0.5) is 11.6 Å². The van der Waals surface area contributed by atoms with E-state index >= 15 is 0 Å². The molecule has 1 amide bonds. The summed E-state index contributed by atoms with van der Waals surface area (Å²) in [7, 11) is 0. The SMILES string of the molecule is Cc1ccc(Nc2ncc(C(=O)NCC(C)C)cn2)c(C)c1. The van der Waals surface area contributed by atoms with Crippen LogP contribution in [0.1, 0.15) is 35.3 Å². The lowest BCUT2D eigenvalue weighted by atomic mass is 10.1. The van der Waals surface area contributed by atoms with E-state index in [9.17, 15) is 4.79 Å². The van der Waals surface area contributed by atoms with Gasteiger partial charge in [0.25, 0.3) is 5.91 Å². The Hall–Kier alpha value is -2.43. The minimum absolute atomic E-state index is 0.147. The summed E-state index contributed by atoms with van der Waals surface area (Å²) in [5.74, 6) is 0.745. The average Bonchev–Trinajstić information content (AvgIpc) is 2.48. The average molecular weight is 298 g/mol. The van der Waals surface area contributed by atoms with Gasteiger partial charge in [0, 0.05) is 24.6 Å². The van der Waals surface area contributed by atoms with Gasteiger partial charge in [0.1, 0.15) is 0 Å². The number of aromatic nitrogens is 2. The van der Waals surface area contributed by atoms with Crippen molar-refractivity contribution in [3.05, 3.63) is 47.3 Å². The molecule has 2 N–H and O–H groups in total. The Bertz CT molecular complexity index is 650. The Morgan fingerprint density at radius 1 is 1.18 bits per heavy atom. The first-order chi connectivity index (χ1) is 10.5. The van der Waals surface area contributed by atoms with Gasteiger partial charge in [-0.15, -0.1) is 0 Å². The maximum Gasteiger partial charge on any atom is 0.254 e. The van der Waals surface area contributed by atoms with Crippen LogP contribution in [-0.2, 0) is 0 Å². The zero-order chi connectivity index (χ0) is 16.1. The van der Waals surface area contributed by atoms with E-state index in [2.05, 4.69) is 33.6 Å². The molecule has 0 saturated carbocycles. The van der Waals surface area contributed by atoms with Crippen LogP contribution in [0, 0.1) is 19.8 Å². The molecule has 0 bridgehead atoms. The summed E-state index contributed by atoms with van der Waals surface area (Å²) in [4.78, 5) is 20.3. The molecule has 2 aromatic rings. The van der Waals surface area contributed by atoms with E-state index in [0.29, 0.717) is 24.0 Å². The highest BCUT2D eigenvalue weighted by Crippen LogP contribution is 2.19. The van der Waals surface area contributed by atoms with Crippen LogP contribution in [0.15, 0.2) is 30.6 Å². The third-order valence-electron chi connectivity index (χ3n) is 3.21. The van der Waals surface area contributed by atoms with Crippen molar-refractivity contribution < 1.29 is 4.79 Å². The number of carbonyl (C=O) groups is 1. The van der Waals surface area contributed by atoms with Gasteiger partial charge in [0.2, 0.25) is 5.95 Å². The lowest BCUT2D eigenvalue weighted by Gasteiger charge is -2.10. The molecule has 0 radical (unpaired) electrons. The fraction of sp³-hybridized carbons (Fsp3) is 0.353. The lowest BCUT2D eigenvalue weighted by Crippen LogP contribution is -2.27. The Balaban J connectivity index is 2.04. The Labute approximate surface area is 131 Å². The summed E-state index contributed by atoms with van der Waals surface area (Å²) in [6.07, 6.45) is 3.07. The molecule has 1 heterocycles. The van der Waals surface area contributed by atoms with Gasteiger partial charge in [-0.05, 0) is 31.4 Å². The van der Waals surface area contributed by atoms with E-state index in [1.54, 1.807) is 0 Å². The molecule has 1 aromatic heterocycles. The molecule has 22 heavy (non-hydrogen) atoms. The Kier molecular flexibility index (Phi) is 5.09. The highest BCUT2D eigenvalue weighted by Gasteiger charge is 2.08. The first-order valence-corrected chi connectivity index (χ1v) is 7.40. The minimum Gasteiger partial charge on any atom is -0.352 e. The molecule has 0 atom stereocenters. The number of rotatable bonds is 5. The van der Waals surface area contributed by atoms with Crippen LogP contribution in [0.25, 0.3) is 0 Å². The first-order valence-electron chi connectivity index (χ1n) is 7.40. The normalized spacial score (nSPS) is 10.6. The van der Waals surface area contributed by atoms with Crippen molar-refractivity contribution in [3.8, 4) is 0 Å². The second kappa shape index (κ2) is 7.02. The topological polar surface area (TPSA) is 66.9 Å². The first kappa shape index (κ1) is 15.9. The Morgan fingerprint density at radius 3 is 2.45 bits per heavy atom. The molecule has 0 fully saturated rings. The van der Waals surface area contributed by atoms with Crippen molar-refractivity contribution in [2.45, 2.75) is 27.7 Å². The molecule has 0 aliphatic carbocycles. The van der Waals surface area contributed by atoms with Crippen LogP contribution in [0.3, 0.4) is 0 Å². The van der Waals surface area contributed by atoms with Crippen molar-refractivity contribution >= 4 is 17.5 Å². The minimum atomic E-state index is -0.147. The molecule has 1 aromatic carbocycles. The second-order valence-electron chi connectivity index (χ2n) is 5.84. The number of hydrogen-bond donors (Lipinski definition) is 2. The maximum absolute atomic E-state index is 11.9. The molecule has 2 rings (SSSR count). The fourth-order valence-electron chi connectivity index (χ4n) is 1.98. The molecule has 0 aliphatic heterocycles. The van der Waals surface area contributed by atoms with E-state index in [4.69, 9.17) is 0 Å². The number of amides is 1. The van der Waals surface area contributed by atoms with Gasteiger partial charge >= 0.3 is 0 Å². The van der Waals surface area contributed by atoms with Gasteiger partial charge in [-0.3, -0.25) is 4.79 Å².